The van der Waals surface area contributed by atoms with Crippen molar-refractivity contribution in [3.05, 3.63) is 100 Å². The van der Waals surface area contributed by atoms with Gasteiger partial charge in [-0.2, -0.15) is 0 Å². The third kappa shape index (κ3) is 5.11. The number of halogens is 1. The highest BCUT2D eigenvalue weighted by Crippen LogP contribution is 2.21. The minimum absolute atomic E-state index is 0.0728. The van der Waals surface area contributed by atoms with E-state index in [1.165, 1.54) is 0 Å². The van der Waals surface area contributed by atoms with E-state index in [2.05, 4.69) is 0 Å². The van der Waals surface area contributed by atoms with E-state index in [0.717, 1.165) is 11.1 Å². The quantitative estimate of drug-likeness (QED) is 0.602. The molecule has 3 aromatic carbocycles. The molecule has 3 aromatic rings. The minimum Gasteiger partial charge on any atom is -0.488 e. The van der Waals surface area contributed by atoms with Crippen LogP contribution in [0.3, 0.4) is 0 Å². The Morgan fingerprint density at radius 1 is 0.821 bits per heavy atom. The molecule has 0 aliphatic carbocycles. The third-order valence-electron chi connectivity index (χ3n) is 4.02. The van der Waals surface area contributed by atoms with E-state index in [-0.39, 0.29) is 6.61 Å². The van der Waals surface area contributed by atoms with E-state index >= 15 is 0 Å². The molecule has 0 atom stereocenters. The molecule has 142 valence electrons. The Bertz CT molecular complexity index is 969. The van der Waals surface area contributed by atoms with Gasteiger partial charge in [0.1, 0.15) is 24.5 Å². The number of nitrogens with two attached hydrogens (primary N) is 1. The number of benzene rings is 3. The van der Waals surface area contributed by atoms with Crippen LogP contribution >= 0.6 is 11.6 Å². The summed E-state index contributed by atoms with van der Waals surface area (Å²) in [5, 5.41) is 0.650. The number of carbonyl (C=O) groups is 2. The molecule has 0 unspecified atom stereocenters. The summed E-state index contributed by atoms with van der Waals surface area (Å²) in [6.45, 7) is 0.374. The van der Waals surface area contributed by atoms with Crippen molar-refractivity contribution in [3.8, 4) is 5.75 Å². The number of ether oxygens (including phenoxy) is 2. The van der Waals surface area contributed by atoms with Gasteiger partial charge in [-0.3, -0.25) is 4.79 Å². The monoisotopic (exact) mass is 395 g/mol. The fraction of sp³-hybridized carbons (Fsp3) is 0.0909. The van der Waals surface area contributed by atoms with Crippen molar-refractivity contribution in [2.24, 2.45) is 5.73 Å². The average molecular weight is 396 g/mol. The largest absolute Gasteiger partial charge is 0.488 e. The van der Waals surface area contributed by atoms with Crippen molar-refractivity contribution in [2.75, 3.05) is 0 Å². The van der Waals surface area contributed by atoms with Gasteiger partial charge in [0.2, 0.25) is 5.91 Å². The number of hydrogen-bond acceptors (Lipinski definition) is 4. The van der Waals surface area contributed by atoms with Crippen LogP contribution in [0.4, 0.5) is 0 Å². The second-order valence-corrected chi connectivity index (χ2v) is 6.49. The van der Waals surface area contributed by atoms with E-state index in [1.807, 2.05) is 12.1 Å². The predicted molar refractivity (Wildman–Crippen MR) is 106 cm³/mol. The molecule has 28 heavy (non-hydrogen) atoms. The Balaban J connectivity index is 1.63. The number of carbonyl (C=O) groups excluding carboxylic acids is 2. The Morgan fingerprint density at radius 3 is 2.11 bits per heavy atom. The molecular formula is C22H18ClNO4. The van der Waals surface area contributed by atoms with Crippen LogP contribution < -0.4 is 10.5 Å². The summed E-state index contributed by atoms with van der Waals surface area (Å²) in [7, 11) is 0. The molecule has 0 saturated carbocycles. The SMILES string of the molecule is NC(=O)c1ccc(COC(=O)c2ccccc2OCc2ccc(Cl)cc2)cc1. The second kappa shape index (κ2) is 9.06. The summed E-state index contributed by atoms with van der Waals surface area (Å²) < 4.78 is 11.2. The fourth-order valence-corrected chi connectivity index (χ4v) is 2.62. The van der Waals surface area contributed by atoms with Crippen molar-refractivity contribution in [1.82, 2.24) is 0 Å². The number of esters is 1. The highest BCUT2D eigenvalue weighted by molar-refractivity contribution is 6.30. The lowest BCUT2D eigenvalue weighted by molar-refractivity contribution is 0.0467. The molecule has 0 aromatic heterocycles. The van der Waals surface area contributed by atoms with Crippen molar-refractivity contribution >= 4 is 23.5 Å². The molecule has 0 fully saturated rings. The number of amides is 1. The molecule has 0 aliphatic heterocycles. The van der Waals surface area contributed by atoms with Crippen LogP contribution in [-0.2, 0) is 18.0 Å². The molecule has 0 aliphatic rings. The molecular weight excluding hydrogens is 378 g/mol. The van der Waals surface area contributed by atoms with E-state index in [0.29, 0.717) is 28.5 Å². The van der Waals surface area contributed by atoms with Crippen LogP contribution in [0.25, 0.3) is 0 Å². The highest BCUT2D eigenvalue weighted by atomic mass is 35.5. The second-order valence-electron chi connectivity index (χ2n) is 6.05. The van der Waals surface area contributed by atoms with Crippen LogP contribution in [0, 0.1) is 0 Å². The first-order valence-electron chi connectivity index (χ1n) is 8.55. The van der Waals surface area contributed by atoms with Crippen LogP contribution in [0.5, 0.6) is 5.75 Å². The van der Waals surface area contributed by atoms with Gasteiger partial charge < -0.3 is 15.2 Å². The molecule has 3 rings (SSSR count). The Labute approximate surface area is 167 Å². The maximum atomic E-state index is 12.5. The lowest BCUT2D eigenvalue weighted by Gasteiger charge is -2.11. The van der Waals surface area contributed by atoms with Gasteiger partial charge in [-0.15, -0.1) is 0 Å². The van der Waals surface area contributed by atoms with Crippen molar-refractivity contribution in [3.63, 3.8) is 0 Å². The summed E-state index contributed by atoms with van der Waals surface area (Å²) in [6, 6.07) is 20.7. The van der Waals surface area contributed by atoms with Crippen molar-refractivity contribution < 1.29 is 19.1 Å². The first-order chi connectivity index (χ1) is 13.5. The van der Waals surface area contributed by atoms with Crippen molar-refractivity contribution in [2.45, 2.75) is 13.2 Å². The van der Waals surface area contributed by atoms with Crippen LogP contribution in [0.2, 0.25) is 5.02 Å². The molecule has 0 saturated heterocycles. The van der Waals surface area contributed by atoms with Gasteiger partial charge in [0.05, 0.1) is 0 Å². The topological polar surface area (TPSA) is 78.6 Å². The third-order valence-corrected chi connectivity index (χ3v) is 4.27. The van der Waals surface area contributed by atoms with E-state index in [4.69, 9.17) is 26.8 Å². The van der Waals surface area contributed by atoms with Gasteiger partial charge in [0, 0.05) is 10.6 Å². The molecule has 5 nitrogen and oxygen atoms in total. The summed E-state index contributed by atoms with van der Waals surface area (Å²) >= 11 is 5.88. The van der Waals surface area contributed by atoms with Gasteiger partial charge in [-0.25, -0.2) is 4.79 Å². The van der Waals surface area contributed by atoms with Crippen LogP contribution in [0.15, 0.2) is 72.8 Å². The molecule has 6 heteroatoms. The van der Waals surface area contributed by atoms with Gasteiger partial charge in [0.25, 0.3) is 0 Å². The molecule has 0 bridgehead atoms. The lowest BCUT2D eigenvalue weighted by atomic mass is 10.1. The number of hydrogen-bond donors (Lipinski definition) is 1. The molecule has 0 heterocycles. The summed E-state index contributed by atoms with van der Waals surface area (Å²) in [5.74, 6) is -0.562. The summed E-state index contributed by atoms with van der Waals surface area (Å²) in [5.41, 5.74) is 7.63. The Kier molecular flexibility index (Phi) is 6.29. The number of para-hydroxylation sites is 1. The highest BCUT2D eigenvalue weighted by Gasteiger charge is 2.14. The standard InChI is InChI=1S/C22H18ClNO4/c23-18-11-7-16(8-12-18)13-27-20-4-2-1-3-19(20)22(26)28-14-15-5-9-17(10-6-15)21(24)25/h1-12H,13-14H2,(H2,24,25). The van der Waals surface area contributed by atoms with E-state index < -0.39 is 11.9 Å². The minimum atomic E-state index is -0.504. The number of rotatable bonds is 7. The maximum Gasteiger partial charge on any atom is 0.342 e. The summed E-state index contributed by atoms with van der Waals surface area (Å²) in [6.07, 6.45) is 0. The van der Waals surface area contributed by atoms with Crippen LogP contribution in [-0.4, -0.2) is 11.9 Å². The van der Waals surface area contributed by atoms with Crippen LogP contribution in [0.1, 0.15) is 31.8 Å². The van der Waals surface area contributed by atoms with E-state index in [1.54, 1.807) is 60.7 Å². The van der Waals surface area contributed by atoms with Gasteiger partial charge in [-0.05, 0) is 47.5 Å². The maximum absolute atomic E-state index is 12.5. The molecule has 2 N–H and O–H groups in total. The zero-order valence-electron chi connectivity index (χ0n) is 14.9. The van der Waals surface area contributed by atoms with Crippen molar-refractivity contribution in [1.29, 1.82) is 0 Å². The smallest absolute Gasteiger partial charge is 0.342 e. The molecule has 1 amide bonds. The molecule has 0 radical (unpaired) electrons. The predicted octanol–water partition coefficient (Wildman–Crippen LogP) is 4.37. The average Bonchev–Trinajstić information content (AvgIpc) is 2.72. The first-order valence-corrected chi connectivity index (χ1v) is 8.93. The molecule has 0 spiro atoms. The number of primary amides is 1. The zero-order chi connectivity index (χ0) is 19.9. The van der Waals surface area contributed by atoms with Gasteiger partial charge >= 0.3 is 5.97 Å². The zero-order valence-corrected chi connectivity index (χ0v) is 15.7. The van der Waals surface area contributed by atoms with Gasteiger partial charge in [0.15, 0.2) is 0 Å². The normalized spacial score (nSPS) is 10.3. The fourth-order valence-electron chi connectivity index (χ4n) is 2.49. The van der Waals surface area contributed by atoms with E-state index in [9.17, 15) is 9.59 Å². The first kappa shape index (κ1) is 19.5. The summed E-state index contributed by atoms with van der Waals surface area (Å²) in [4.78, 5) is 23.6. The lowest BCUT2D eigenvalue weighted by Crippen LogP contribution is -2.11. The van der Waals surface area contributed by atoms with Gasteiger partial charge in [-0.1, -0.05) is 48.0 Å². The Hall–Kier alpha value is -3.31. The Morgan fingerprint density at radius 2 is 1.43 bits per heavy atom.